The van der Waals surface area contributed by atoms with Crippen molar-refractivity contribution in [1.82, 2.24) is 9.55 Å². The number of imidazole rings is 1. The summed E-state index contributed by atoms with van der Waals surface area (Å²) < 4.78 is 2.06. The first-order chi connectivity index (χ1) is 6.72. The van der Waals surface area contributed by atoms with Crippen LogP contribution in [0.25, 0.3) is 0 Å². The summed E-state index contributed by atoms with van der Waals surface area (Å²) in [5.74, 6) is 1.60. The maximum absolute atomic E-state index is 8.97. The molecular formula is C10H17N3O. The number of rotatable bonds is 4. The number of hydrogen-bond donors (Lipinski definition) is 2. The van der Waals surface area contributed by atoms with Gasteiger partial charge in [0.2, 0.25) is 0 Å². The average molecular weight is 195 g/mol. The van der Waals surface area contributed by atoms with Crippen LogP contribution in [-0.4, -0.2) is 21.3 Å². The lowest BCUT2D eigenvalue weighted by atomic mass is 10.2. The summed E-state index contributed by atoms with van der Waals surface area (Å²) in [4.78, 5) is 4.07. The van der Waals surface area contributed by atoms with Gasteiger partial charge in [0.1, 0.15) is 0 Å². The van der Waals surface area contributed by atoms with Gasteiger partial charge >= 0.3 is 0 Å². The monoisotopic (exact) mass is 195 g/mol. The van der Waals surface area contributed by atoms with E-state index in [9.17, 15) is 0 Å². The van der Waals surface area contributed by atoms with Crippen molar-refractivity contribution >= 4 is 0 Å². The van der Waals surface area contributed by atoms with Crippen molar-refractivity contribution in [3.63, 3.8) is 0 Å². The van der Waals surface area contributed by atoms with Crippen molar-refractivity contribution in [2.75, 3.05) is 6.61 Å². The predicted molar refractivity (Wildman–Crippen MR) is 53.5 cm³/mol. The van der Waals surface area contributed by atoms with Gasteiger partial charge in [0, 0.05) is 12.7 Å². The van der Waals surface area contributed by atoms with Crippen LogP contribution in [0.3, 0.4) is 0 Å². The van der Waals surface area contributed by atoms with E-state index in [-0.39, 0.29) is 12.6 Å². The van der Waals surface area contributed by atoms with Gasteiger partial charge in [-0.2, -0.15) is 0 Å². The van der Waals surface area contributed by atoms with E-state index in [1.165, 1.54) is 6.42 Å². The first kappa shape index (κ1) is 9.68. The second-order valence-corrected chi connectivity index (χ2v) is 4.23. The average Bonchev–Trinajstić information content (AvgIpc) is 2.67. The largest absolute Gasteiger partial charge is 0.394 e. The van der Waals surface area contributed by atoms with Crippen molar-refractivity contribution in [2.24, 2.45) is 17.6 Å². The standard InChI is InChI=1S/C10H17N3O/c1-7-2-8(7)4-13-6-12-3-10(13)9(11)5-14/h3,6-9,14H,2,4-5,11H2,1H3. The van der Waals surface area contributed by atoms with Gasteiger partial charge in [-0.25, -0.2) is 4.98 Å². The van der Waals surface area contributed by atoms with Crippen molar-refractivity contribution < 1.29 is 5.11 Å². The molecule has 1 aromatic rings. The van der Waals surface area contributed by atoms with Gasteiger partial charge in [0.25, 0.3) is 0 Å². The van der Waals surface area contributed by atoms with Crippen LogP contribution in [0, 0.1) is 11.8 Å². The molecule has 0 aliphatic heterocycles. The smallest absolute Gasteiger partial charge is 0.0948 e. The highest BCUT2D eigenvalue weighted by molar-refractivity contribution is 5.05. The van der Waals surface area contributed by atoms with Crippen molar-refractivity contribution in [3.05, 3.63) is 18.2 Å². The molecule has 0 radical (unpaired) electrons. The third-order valence-corrected chi connectivity index (χ3v) is 3.03. The minimum atomic E-state index is -0.299. The molecule has 3 atom stereocenters. The molecule has 0 spiro atoms. The van der Waals surface area contributed by atoms with Gasteiger partial charge in [-0.3, -0.25) is 0 Å². The lowest BCUT2D eigenvalue weighted by molar-refractivity contribution is 0.262. The van der Waals surface area contributed by atoms with Crippen molar-refractivity contribution in [2.45, 2.75) is 25.9 Å². The summed E-state index contributed by atoms with van der Waals surface area (Å²) in [5.41, 5.74) is 6.70. The summed E-state index contributed by atoms with van der Waals surface area (Å²) in [5, 5.41) is 8.97. The zero-order valence-corrected chi connectivity index (χ0v) is 8.43. The summed E-state index contributed by atoms with van der Waals surface area (Å²) >= 11 is 0. The summed E-state index contributed by atoms with van der Waals surface area (Å²) in [6.45, 7) is 3.23. The summed E-state index contributed by atoms with van der Waals surface area (Å²) in [7, 11) is 0. The second-order valence-electron chi connectivity index (χ2n) is 4.23. The predicted octanol–water partition coefficient (Wildman–Crippen LogP) is 0.531. The molecule has 3 unspecified atom stereocenters. The molecule has 1 aromatic heterocycles. The van der Waals surface area contributed by atoms with Gasteiger partial charge in [0.05, 0.1) is 24.7 Å². The fourth-order valence-electron chi connectivity index (χ4n) is 1.79. The molecule has 4 nitrogen and oxygen atoms in total. The summed E-state index contributed by atoms with van der Waals surface area (Å²) in [6, 6.07) is -0.299. The Kier molecular flexibility index (Phi) is 2.56. The number of nitrogens with zero attached hydrogens (tertiary/aromatic N) is 2. The number of aliphatic hydroxyl groups excluding tert-OH is 1. The highest BCUT2D eigenvalue weighted by Gasteiger charge is 2.33. The molecule has 1 aliphatic carbocycles. The molecular weight excluding hydrogens is 178 g/mol. The second kappa shape index (κ2) is 3.71. The SMILES string of the molecule is CC1CC1Cn1cncc1C(N)CO. The van der Waals surface area contributed by atoms with Gasteiger partial charge in [-0.1, -0.05) is 6.92 Å². The Morgan fingerprint density at radius 2 is 2.50 bits per heavy atom. The van der Waals surface area contributed by atoms with Crippen molar-refractivity contribution in [3.8, 4) is 0 Å². The fourth-order valence-corrected chi connectivity index (χ4v) is 1.79. The normalized spacial score (nSPS) is 27.6. The topological polar surface area (TPSA) is 64.1 Å². The van der Waals surface area contributed by atoms with Gasteiger partial charge in [-0.15, -0.1) is 0 Å². The molecule has 1 fully saturated rings. The molecule has 78 valence electrons. The Morgan fingerprint density at radius 1 is 1.79 bits per heavy atom. The summed E-state index contributed by atoms with van der Waals surface area (Å²) in [6.07, 6.45) is 4.84. The van der Waals surface area contributed by atoms with Gasteiger partial charge < -0.3 is 15.4 Å². The van der Waals surface area contributed by atoms with E-state index >= 15 is 0 Å². The van der Waals surface area contributed by atoms with Crippen LogP contribution in [-0.2, 0) is 6.54 Å². The third kappa shape index (κ3) is 1.81. The molecule has 3 N–H and O–H groups in total. The maximum atomic E-state index is 8.97. The molecule has 0 aromatic carbocycles. The van der Waals surface area contributed by atoms with E-state index in [0.29, 0.717) is 0 Å². The quantitative estimate of drug-likeness (QED) is 0.736. The van der Waals surface area contributed by atoms with E-state index < -0.39 is 0 Å². The van der Waals surface area contributed by atoms with Crippen LogP contribution in [0.1, 0.15) is 25.1 Å². The molecule has 2 rings (SSSR count). The molecule has 14 heavy (non-hydrogen) atoms. The number of nitrogens with two attached hydrogens (primary N) is 1. The number of hydrogen-bond acceptors (Lipinski definition) is 3. The zero-order valence-electron chi connectivity index (χ0n) is 8.43. The zero-order chi connectivity index (χ0) is 10.1. The lowest BCUT2D eigenvalue weighted by Gasteiger charge is -2.11. The Labute approximate surface area is 83.8 Å². The van der Waals surface area contributed by atoms with Crippen LogP contribution in [0.5, 0.6) is 0 Å². The van der Waals surface area contributed by atoms with E-state index in [4.69, 9.17) is 10.8 Å². The Bertz CT molecular complexity index is 310. The minimum Gasteiger partial charge on any atom is -0.394 e. The lowest BCUT2D eigenvalue weighted by Crippen LogP contribution is -2.19. The van der Waals surface area contributed by atoms with Crippen molar-refractivity contribution in [1.29, 1.82) is 0 Å². The van der Waals surface area contributed by atoms with Crippen LogP contribution >= 0.6 is 0 Å². The fraction of sp³-hybridized carbons (Fsp3) is 0.700. The highest BCUT2D eigenvalue weighted by atomic mass is 16.3. The van der Waals surface area contributed by atoms with Gasteiger partial charge in [-0.05, 0) is 18.3 Å². The minimum absolute atomic E-state index is 0.0219. The molecule has 1 saturated carbocycles. The van der Waals surface area contributed by atoms with E-state index in [1.54, 1.807) is 12.5 Å². The molecule has 4 heteroatoms. The van der Waals surface area contributed by atoms with Crippen LogP contribution in [0.4, 0.5) is 0 Å². The van der Waals surface area contributed by atoms with Crippen LogP contribution < -0.4 is 5.73 Å². The van der Waals surface area contributed by atoms with Crippen LogP contribution in [0.15, 0.2) is 12.5 Å². The van der Waals surface area contributed by atoms with Crippen LogP contribution in [0.2, 0.25) is 0 Å². The number of aliphatic hydroxyl groups is 1. The highest BCUT2D eigenvalue weighted by Crippen LogP contribution is 2.39. The first-order valence-electron chi connectivity index (χ1n) is 5.09. The maximum Gasteiger partial charge on any atom is 0.0948 e. The Morgan fingerprint density at radius 3 is 3.07 bits per heavy atom. The molecule has 0 saturated heterocycles. The molecule has 0 amide bonds. The van der Waals surface area contributed by atoms with Gasteiger partial charge in [0.15, 0.2) is 0 Å². The molecule has 0 bridgehead atoms. The Balaban J connectivity index is 2.05. The number of aromatic nitrogens is 2. The molecule has 1 aliphatic rings. The van der Waals surface area contributed by atoms with E-state index in [0.717, 1.165) is 24.1 Å². The third-order valence-electron chi connectivity index (χ3n) is 3.03. The van der Waals surface area contributed by atoms with E-state index in [1.807, 2.05) is 0 Å². The molecule has 1 heterocycles. The van der Waals surface area contributed by atoms with E-state index in [2.05, 4.69) is 16.5 Å². The Hall–Kier alpha value is -0.870. The first-order valence-corrected chi connectivity index (χ1v) is 5.09.